The van der Waals surface area contributed by atoms with Gasteiger partial charge in [-0.05, 0) is 70.1 Å². The first-order valence-electron chi connectivity index (χ1n) is 13.5. The maximum Gasteiger partial charge on any atom is 0.229 e. The zero-order valence-corrected chi connectivity index (χ0v) is 20.6. The van der Waals surface area contributed by atoms with E-state index in [1.165, 1.54) is 0 Å². The highest BCUT2D eigenvalue weighted by molar-refractivity contribution is 5.84. The average molecular weight is 478 g/mol. The second kappa shape index (κ2) is 10.8. The van der Waals surface area contributed by atoms with Crippen molar-refractivity contribution < 1.29 is 19.1 Å². The highest BCUT2D eigenvalue weighted by atomic mass is 16.5. The van der Waals surface area contributed by atoms with Crippen molar-refractivity contribution in [3.8, 4) is 0 Å². The minimum absolute atomic E-state index is 0.0388. The molecule has 4 heterocycles. The number of nitrogens with zero attached hydrogens (tertiary/aromatic N) is 2. The number of carbonyl (C=O) groups is 2. The van der Waals surface area contributed by atoms with E-state index in [9.17, 15) is 9.59 Å². The summed E-state index contributed by atoms with van der Waals surface area (Å²) in [5.41, 5.74) is 6.84. The highest BCUT2D eigenvalue weighted by Gasteiger charge is 2.52. The van der Waals surface area contributed by atoms with E-state index < -0.39 is 12.1 Å². The molecule has 5 rings (SSSR count). The molecule has 4 aliphatic heterocycles. The maximum absolute atomic E-state index is 13.6. The van der Waals surface area contributed by atoms with E-state index in [0.717, 1.165) is 77.5 Å². The third-order valence-corrected chi connectivity index (χ3v) is 8.97. The SMILES string of the molecule is COC1CCC(CN2C(N)C(C(=O)NCC3CCCO3)CC3C(=O)N4CCCCC4NC32)CC1. The van der Waals surface area contributed by atoms with Crippen LogP contribution in [-0.2, 0) is 19.1 Å². The molecule has 9 heteroatoms. The Bertz CT molecular complexity index is 724. The Labute approximate surface area is 203 Å². The van der Waals surface area contributed by atoms with Crippen LogP contribution in [0.1, 0.15) is 64.2 Å². The van der Waals surface area contributed by atoms with Crippen LogP contribution in [0.15, 0.2) is 0 Å². The quantitative estimate of drug-likeness (QED) is 0.523. The summed E-state index contributed by atoms with van der Waals surface area (Å²) >= 11 is 0. The van der Waals surface area contributed by atoms with Crippen molar-refractivity contribution in [3.05, 3.63) is 0 Å². The van der Waals surface area contributed by atoms with Crippen molar-refractivity contribution in [1.82, 2.24) is 20.4 Å². The van der Waals surface area contributed by atoms with E-state index in [1.807, 2.05) is 4.90 Å². The van der Waals surface area contributed by atoms with Gasteiger partial charge in [0, 0.05) is 33.4 Å². The number of piperidine rings is 2. The van der Waals surface area contributed by atoms with Crippen molar-refractivity contribution in [2.24, 2.45) is 23.5 Å². The number of fused-ring (bicyclic) bond motifs is 2. The number of rotatable bonds is 6. The Kier molecular flexibility index (Phi) is 7.75. The average Bonchev–Trinajstić information content (AvgIpc) is 3.39. The van der Waals surface area contributed by atoms with Crippen molar-refractivity contribution in [1.29, 1.82) is 0 Å². The lowest BCUT2D eigenvalue weighted by Gasteiger charge is -2.55. The molecule has 9 nitrogen and oxygen atoms in total. The molecule has 6 unspecified atom stereocenters. The summed E-state index contributed by atoms with van der Waals surface area (Å²) in [4.78, 5) is 31.2. The Morgan fingerprint density at radius 3 is 2.74 bits per heavy atom. The molecule has 4 N–H and O–H groups in total. The van der Waals surface area contributed by atoms with Crippen molar-refractivity contribution in [2.75, 3.05) is 33.4 Å². The summed E-state index contributed by atoms with van der Waals surface area (Å²) in [6.07, 6.45) is 10.1. The first kappa shape index (κ1) is 24.4. The molecule has 0 aromatic heterocycles. The Morgan fingerprint density at radius 2 is 2.00 bits per heavy atom. The van der Waals surface area contributed by atoms with Crippen molar-refractivity contribution >= 4 is 11.8 Å². The number of hydrogen-bond acceptors (Lipinski definition) is 7. The molecule has 5 aliphatic rings. The standard InChI is InChI=1S/C25H43N5O4/c1-33-17-9-7-16(8-10-17)15-30-22(26)19(24(31)27-14-18-5-4-12-34-18)13-20-23(30)28-21-6-2-3-11-29(21)25(20)32/h16-23,28H,2-15,26H2,1H3,(H,27,31). The number of amides is 2. The lowest BCUT2D eigenvalue weighted by atomic mass is 9.79. The van der Waals surface area contributed by atoms with Crippen LogP contribution in [0.5, 0.6) is 0 Å². The van der Waals surface area contributed by atoms with E-state index in [0.29, 0.717) is 25.0 Å². The van der Waals surface area contributed by atoms with Gasteiger partial charge in [-0.1, -0.05) is 0 Å². The van der Waals surface area contributed by atoms with E-state index in [4.69, 9.17) is 15.2 Å². The second-order valence-corrected chi connectivity index (χ2v) is 11.0. The van der Waals surface area contributed by atoms with Crippen molar-refractivity contribution in [2.45, 2.75) is 94.9 Å². The minimum Gasteiger partial charge on any atom is -0.381 e. The van der Waals surface area contributed by atoms with E-state index in [-0.39, 0.29) is 36.2 Å². The maximum atomic E-state index is 13.6. The molecular formula is C25H43N5O4. The van der Waals surface area contributed by atoms with Crippen LogP contribution >= 0.6 is 0 Å². The third-order valence-electron chi connectivity index (χ3n) is 8.97. The molecular weight excluding hydrogens is 434 g/mol. The van der Waals surface area contributed by atoms with Gasteiger partial charge in [-0.15, -0.1) is 0 Å². The summed E-state index contributed by atoms with van der Waals surface area (Å²) in [5.74, 6) is 0.0366. The van der Waals surface area contributed by atoms with Crippen LogP contribution in [-0.4, -0.2) is 85.7 Å². The van der Waals surface area contributed by atoms with Gasteiger partial charge < -0.3 is 25.4 Å². The zero-order chi connectivity index (χ0) is 23.7. The molecule has 0 aromatic carbocycles. The van der Waals surface area contributed by atoms with Gasteiger partial charge in [0.05, 0.1) is 42.5 Å². The second-order valence-electron chi connectivity index (χ2n) is 11.0. The topological polar surface area (TPSA) is 109 Å². The van der Waals surface area contributed by atoms with Gasteiger partial charge in [-0.3, -0.25) is 19.8 Å². The molecule has 5 fully saturated rings. The predicted octanol–water partition coefficient (Wildman–Crippen LogP) is 0.978. The van der Waals surface area contributed by atoms with Gasteiger partial charge in [0.15, 0.2) is 0 Å². The van der Waals surface area contributed by atoms with E-state index in [2.05, 4.69) is 15.5 Å². The van der Waals surface area contributed by atoms with E-state index in [1.54, 1.807) is 7.11 Å². The summed E-state index contributed by atoms with van der Waals surface area (Å²) in [5, 5.41) is 6.89. The number of hydrogen-bond donors (Lipinski definition) is 3. The number of methoxy groups -OCH3 is 1. The fraction of sp³-hybridized carbons (Fsp3) is 0.920. The molecule has 1 saturated carbocycles. The molecule has 1 aliphatic carbocycles. The van der Waals surface area contributed by atoms with E-state index >= 15 is 0 Å². The molecule has 34 heavy (non-hydrogen) atoms. The van der Waals surface area contributed by atoms with Crippen LogP contribution in [0, 0.1) is 17.8 Å². The van der Waals surface area contributed by atoms with Gasteiger partial charge in [0.25, 0.3) is 0 Å². The summed E-state index contributed by atoms with van der Waals surface area (Å²) in [6, 6.07) is 0. The first-order chi connectivity index (χ1) is 16.5. The molecule has 4 saturated heterocycles. The number of ether oxygens (including phenoxy) is 2. The number of carbonyl (C=O) groups excluding carboxylic acids is 2. The monoisotopic (exact) mass is 477 g/mol. The lowest BCUT2D eigenvalue weighted by molar-refractivity contribution is -0.163. The smallest absolute Gasteiger partial charge is 0.229 e. The predicted molar refractivity (Wildman–Crippen MR) is 127 cm³/mol. The first-order valence-corrected chi connectivity index (χ1v) is 13.5. The normalized spacial score (nSPS) is 41.1. The summed E-state index contributed by atoms with van der Waals surface area (Å²) in [7, 11) is 1.80. The Hall–Kier alpha value is -1.26. The minimum atomic E-state index is -0.402. The van der Waals surface area contributed by atoms with Gasteiger partial charge in [0.2, 0.25) is 11.8 Å². The highest BCUT2D eigenvalue weighted by Crippen LogP contribution is 2.38. The van der Waals surface area contributed by atoms with Crippen molar-refractivity contribution in [3.63, 3.8) is 0 Å². The summed E-state index contributed by atoms with van der Waals surface area (Å²) < 4.78 is 11.2. The molecule has 192 valence electrons. The Balaban J connectivity index is 1.31. The van der Waals surface area contributed by atoms with Gasteiger partial charge in [0.1, 0.15) is 0 Å². The fourth-order valence-electron chi connectivity index (χ4n) is 6.91. The third kappa shape index (κ3) is 5.00. The number of nitrogens with one attached hydrogen (secondary N) is 2. The van der Waals surface area contributed by atoms with Gasteiger partial charge in [-0.2, -0.15) is 0 Å². The molecule has 0 spiro atoms. The molecule has 2 amide bonds. The Morgan fingerprint density at radius 1 is 1.18 bits per heavy atom. The molecule has 6 atom stereocenters. The number of likely N-dealkylation sites (tertiary alicyclic amines) is 1. The van der Waals surface area contributed by atoms with Crippen LogP contribution in [0.4, 0.5) is 0 Å². The van der Waals surface area contributed by atoms with Gasteiger partial charge in [-0.25, -0.2) is 0 Å². The van der Waals surface area contributed by atoms with Crippen LogP contribution < -0.4 is 16.4 Å². The van der Waals surface area contributed by atoms with Gasteiger partial charge >= 0.3 is 0 Å². The van der Waals surface area contributed by atoms with Crippen LogP contribution in [0.25, 0.3) is 0 Å². The fourth-order valence-corrected chi connectivity index (χ4v) is 6.91. The zero-order valence-electron chi connectivity index (χ0n) is 20.6. The summed E-state index contributed by atoms with van der Waals surface area (Å²) in [6.45, 7) is 2.92. The molecule has 0 bridgehead atoms. The van der Waals surface area contributed by atoms with Crippen LogP contribution in [0.2, 0.25) is 0 Å². The van der Waals surface area contributed by atoms with Crippen LogP contribution in [0.3, 0.4) is 0 Å². The molecule has 0 aromatic rings. The molecule has 0 radical (unpaired) electrons. The lowest BCUT2D eigenvalue weighted by Crippen LogP contribution is -2.75. The largest absolute Gasteiger partial charge is 0.381 e. The number of nitrogens with two attached hydrogens (primary N) is 1.